The fraction of sp³-hybridized carbons (Fsp3) is 0.538. The van der Waals surface area contributed by atoms with Gasteiger partial charge in [-0.1, -0.05) is 13.8 Å². The van der Waals surface area contributed by atoms with E-state index in [1.807, 2.05) is 12.3 Å². The number of hydrogen-bond acceptors (Lipinski definition) is 6. The van der Waals surface area contributed by atoms with E-state index < -0.39 is 0 Å². The van der Waals surface area contributed by atoms with Crippen LogP contribution in [0, 0.1) is 0 Å². The van der Waals surface area contributed by atoms with Crippen LogP contribution in [0.25, 0.3) is 10.2 Å². The lowest BCUT2D eigenvalue weighted by Crippen LogP contribution is -2.07. The number of fused-ring (bicyclic) bond motifs is 1. The average molecular weight is 297 g/mol. The highest BCUT2D eigenvalue weighted by Crippen LogP contribution is 2.26. The van der Waals surface area contributed by atoms with E-state index in [4.69, 9.17) is 5.11 Å². The fourth-order valence-electron chi connectivity index (χ4n) is 1.61. The van der Waals surface area contributed by atoms with Gasteiger partial charge in [-0.2, -0.15) is 0 Å². The van der Waals surface area contributed by atoms with E-state index in [1.165, 1.54) is 0 Å². The summed E-state index contributed by atoms with van der Waals surface area (Å²) in [5.74, 6) is 2.50. The molecular weight excluding hydrogens is 278 g/mol. The second-order valence-corrected chi connectivity index (χ2v) is 6.68. The lowest BCUT2D eigenvalue weighted by molar-refractivity contribution is 0.300. The smallest absolute Gasteiger partial charge is 0.142 e. The molecule has 104 valence electrons. The van der Waals surface area contributed by atoms with Gasteiger partial charge in [-0.15, -0.1) is 23.1 Å². The monoisotopic (exact) mass is 297 g/mol. The highest BCUT2D eigenvalue weighted by molar-refractivity contribution is 7.99. The Morgan fingerprint density at radius 3 is 3.05 bits per heavy atom. The number of nitrogens with one attached hydrogen (secondary N) is 1. The van der Waals surface area contributed by atoms with Crippen LogP contribution in [0.1, 0.15) is 26.1 Å². The standard InChI is InChI=1S/C13H19N3OS2/c1-3-5-14-12-10-4-6-18-13(10)16-11(15-12)8-19-9(2)7-17/h4,6,9,17H,3,5,7-8H2,1-2H3,(H,14,15,16). The normalized spacial score (nSPS) is 12.8. The van der Waals surface area contributed by atoms with E-state index in [1.54, 1.807) is 23.1 Å². The maximum absolute atomic E-state index is 9.05. The number of aromatic nitrogens is 2. The topological polar surface area (TPSA) is 58.0 Å². The molecule has 0 saturated carbocycles. The molecule has 0 aliphatic heterocycles. The molecule has 0 fully saturated rings. The predicted octanol–water partition coefficient (Wildman–Crippen LogP) is 3.13. The molecule has 0 bridgehead atoms. The molecule has 0 aliphatic rings. The van der Waals surface area contributed by atoms with Crippen LogP contribution in [0.15, 0.2) is 11.4 Å². The summed E-state index contributed by atoms with van der Waals surface area (Å²) >= 11 is 3.31. The van der Waals surface area contributed by atoms with Crippen molar-refractivity contribution in [3.05, 3.63) is 17.3 Å². The predicted molar refractivity (Wildman–Crippen MR) is 84.0 cm³/mol. The molecule has 1 atom stereocenters. The van der Waals surface area contributed by atoms with Gasteiger partial charge in [-0.25, -0.2) is 9.97 Å². The minimum atomic E-state index is 0.187. The van der Waals surface area contributed by atoms with E-state index >= 15 is 0 Å². The summed E-state index contributed by atoms with van der Waals surface area (Å²) in [5.41, 5.74) is 0. The number of rotatable bonds is 7. The van der Waals surface area contributed by atoms with Crippen LogP contribution in [0.4, 0.5) is 5.82 Å². The summed E-state index contributed by atoms with van der Waals surface area (Å²) < 4.78 is 0. The Bertz CT molecular complexity index is 530. The minimum Gasteiger partial charge on any atom is -0.395 e. The van der Waals surface area contributed by atoms with Gasteiger partial charge >= 0.3 is 0 Å². The van der Waals surface area contributed by atoms with Crippen molar-refractivity contribution in [2.24, 2.45) is 0 Å². The van der Waals surface area contributed by atoms with Crippen molar-refractivity contribution in [3.8, 4) is 0 Å². The van der Waals surface area contributed by atoms with Crippen LogP contribution in [-0.4, -0.2) is 33.5 Å². The van der Waals surface area contributed by atoms with Gasteiger partial charge in [-0.3, -0.25) is 0 Å². The third-order valence-corrected chi connectivity index (χ3v) is 4.62. The lowest BCUT2D eigenvalue weighted by Gasteiger charge is -2.09. The first-order valence-electron chi connectivity index (χ1n) is 6.45. The molecule has 6 heteroatoms. The zero-order valence-electron chi connectivity index (χ0n) is 11.2. The zero-order chi connectivity index (χ0) is 13.7. The van der Waals surface area contributed by atoms with Gasteiger partial charge in [0.1, 0.15) is 16.5 Å². The van der Waals surface area contributed by atoms with Crippen molar-refractivity contribution < 1.29 is 5.11 Å². The number of nitrogens with zero attached hydrogens (tertiary/aromatic N) is 2. The van der Waals surface area contributed by atoms with Crippen molar-refractivity contribution in [1.29, 1.82) is 0 Å². The first-order chi connectivity index (χ1) is 9.24. The molecule has 0 spiro atoms. The fourth-order valence-corrected chi connectivity index (χ4v) is 3.06. The Morgan fingerprint density at radius 2 is 2.32 bits per heavy atom. The first-order valence-corrected chi connectivity index (χ1v) is 8.38. The SMILES string of the molecule is CCCNc1nc(CSC(C)CO)nc2sccc12. The lowest BCUT2D eigenvalue weighted by atomic mass is 10.3. The van der Waals surface area contributed by atoms with Crippen LogP contribution in [0.2, 0.25) is 0 Å². The first kappa shape index (κ1) is 14.6. The van der Waals surface area contributed by atoms with Crippen molar-refractivity contribution in [2.45, 2.75) is 31.3 Å². The van der Waals surface area contributed by atoms with Gasteiger partial charge in [0, 0.05) is 11.8 Å². The Balaban J connectivity index is 2.19. The number of anilines is 1. The van der Waals surface area contributed by atoms with Gasteiger partial charge in [-0.05, 0) is 17.9 Å². The zero-order valence-corrected chi connectivity index (χ0v) is 12.9. The Hall–Kier alpha value is -0.850. The summed E-state index contributed by atoms with van der Waals surface area (Å²) in [5, 5.41) is 15.8. The molecule has 1 unspecified atom stereocenters. The second-order valence-electron chi connectivity index (χ2n) is 4.36. The van der Waals surface area contributed by atoms with Crippen LogP contribution in [-0.2, 0) is 5.75 Å². The van der Waals surface area contributed by atoms with Crippen LogP contribution >= 0.6 is 23.1 Å². The number of thiophene rings is 1. The van der Waals surface area contributed by atoms with Gasteiger partial charge in [0.2, 0.25) is 0 Å². The maximum atomic E-state index is 9.05. The molecule has 2 N–H and O–H groups in total. The molecule has 4 nitrogen and oxygen atoms in total. The molecule has 2 aromatic heterocycles. The number of aliphatic hydroxyl groups is 1. The average Bonchev–Trinajstić information content (AvgIpc) is 2.90. The van der Waals surface area contributed by atoms with Crippen LogP contribution in [0.5, 0.6) is 0 Å². The third-order valence-electron chi connectivity index (χ3n) is 2.67. The molecular formula is C13H19N3OS2. The van der Waals surface area contributed by atoms with Gasteiger partial charge in [0.05, 0.1) is 17.7 Å². The van der Waals surface area contributed by atoms with Gasteiger partial charge < -0.3 is 10.4 Å². The van der Waals surface area contributed by atoms with Crippen LogP contribution in [0.3, 0.4) is 0 Å². The Kier molecular flexibility index (Phi) is 5.42. The molecule has 0 radical (unpaired) electrons. The van der Waals surface area contributed by atoms with Crippen molar-refractivity contribution in [3.63, 3.8) is 0 Å². The van der Waals surface area contributed by atoms with Crippen molar-refractivity contribution in [1.82, 2.24) is 9.97 Å². The van der Waals surface area contributed by atoms with Gasteiger partial charge in [0.15, 0.2) is 0 Å². The van der Waals surface area contributed by atoms with E-state index in [0.29, 0.717) is 0 Å². The van der Waals surface area contributed by atoms with Crippen molar-refractivity contribution in [2.75, 3.05) is 18.5 Å². The summed E-state index contributed by atoms with van der Waals surface area (Å²) in [7, 11) is 0. The molecule has 2 aromatic rings. The maximum Gasteiger partial charge on any atom is 0.142 e. The summed E-state index contributed by atoms with van der Waals surface area (Å²) in [6.07, 6.45) is 1.07. The molecule has 0 aliphatic carbocycles. The number of thioether (sulfide) groups is 1. The number of aliphatic hydroxyl groups excluding tert-OH is 1. The molecule has 19 heavy (non-hydrogen) atoms. The van der Waals surface area contributed by atoms with Gasteiger partial charge in [0.25, 0.3) is 0 Å². The Labute approximate surface area is 121 Å². The largest absolute Gasteiger partial charge is 0.395 e. The van der Waals surface area contributed by atoms with E-state index in [2.05, 4.69) is 28.3 Å². The van der Waals surface area contributed by atoms with Crippen molar-refractivity contribution >= 4 is 39.1 Å². The van der Waals surface area contributed by atoms with E-state index in [-0.39, 0.29) is 11.9 Å². The quantitative estimate of drug-likeness (QED) is 0.822. The summed E-state index contributed by atoms with van der Waals surface area (Å²) in [6.45, 7) is 5.25. The Morgan fingerprint density at radius 1 is 1.47 bits per heavy atom. The second kappa shape index (κ2) is 7.07. The molecule has 0 amide bonds. The van der Waals surface area contributed by atoms with E-state index in [0.717, 1.165) is 40.6 Å². The summed E-state index contributed by atoms with van der Waals surface area (Å²) in [6, 6.07) is 2.06. The minimum absolute atomic E-state index is 0.187. The highest BCUT2D eigenvalue weighted by Gasteiger charge is 2.10. The molecule has 0 saturated heterocycles. The van der Waals surface area contributed by atoms with Crippen LogP contribution < -0.4 is 5.32 Å². The molecule has 2 heterocycles. The molecule has 0 aromatic carbocycles. The number of hydrogen-bond donors (Lipinski definition) is 2. The highest BCUT2D eigenvalue weighted by atomic mass is 32.2. The molecule has 2 rings (SSSR count). The summed E-state index contributed by atoms with van der Waals surface area (Å²) in [4.78, 5) is 10.2. The third kappa shape index (κ3) is 3.81. The van der Waals surface area contributed by atoms with E-state index in [9.17, 15) is 0 Å².